The highest BCUT2D eigenvalue weighted by molar-refractivity contribution is 7.98. The molecule has 0 aliphatic carbocycles. The van der Waals surface area contributed by atoms with E-state index in [1.807, 2.05) is 25.2 Å². The van der Waals surface area contributed by atoms with Crippen molar-refractivity contribution in [2.24, 2.45) is 4.99 Å². The van der Waals surface area contributed by atoms with Crippen LogP contribution in [-0.2, 0) is 5.75 Å². The van der Waals surface area contributed by atoms with Gasteiger partial charge >= 0.3 is 0 Å². The van der Waals surface area contributed by atoms with Gasteiger partial charge in [-0.15, -0.1) is 0 Å². The molecular weight excluding hydrogens is 274 g/mol. The van der Waals surface area contributed by atoms with Gasteiger partial charge in [0.2, 0.25) is 5.96 Å². The fourth-order valence-corrected chi connectivity index (χ4v) is 2.26. The molecule has 0 unspecified atom stereocenters. The summed E-state index contributed by atoms with van der Waals surface area (Å²) in [7, 11) is 1.63. The first-order valence-electron chi connectivity index (χ1n) is 6.32. The highest BCUT2D eigenvalue weighted by atomic mass is 32.2. The number of thioether (sulfide) groups is 1. The number of pyridine rings is 1. The number of guanidine groups is 1. The van der Waals surface area contributed by atoms with Crippen molar-refractivity contribution in [1.29, 1.82) is 5.26 Å². The molecule has 0 aliphatic rings. The highest BCUT2D eigenvalue weighted by Crippen LogP contribution is 2.20. The van der Waals surface area contributed by atoms with Crippen molar-refractivity contribution < 1.29 is 4.74 Å². The van der Waals surface area contributed by atoms with Crippen LogP contribution in [0, 0.1) is 11.5 Å². The van der Waals surface area contributed by atoms with Gasteiger partial charge in [0.05, 0.1) is 12.3 Å². The second kappa shape index (κ2) is 9.92. The van der Waals surface area contributed by atoms with E-state index < -0.39 is 0 Å². The lowest BCUT2D eigenvalue weighted by atomic mass is 10.3. The molecule has 0 amide bonds. The molecular formula is C13H19N5OS. The molecule has 1 aromatic rings. The molecule has 1 rings (SSSR count). The number of rotatable bonds is 7. The van der Waals surface area contributed by atoms with Crippen LogP contribution in [0.5, 0.6) is 5.75 Å². The lowest BCUT2D eigenvalue weighted by Gasteiger charge is -2.09. The maximum atomic E-state index is 8.49. The van der Waals surface area contributed by atoms with Gasteiger partial charge in [0, 0.05) is 31.3 Å². The van der Waals surface area contributed by atoms with Gasteiger partial charge in [-0.3, -0.25) is 15.3 Å². The standard InChI is InChI=1S/C13H19N5OS/c1-3-19-12-5-4-6-16-11(12)9-20-8-7-17-13(15-2)18-10-14/h4-6H,3,7-9H2,1-2H3,(H2,15,17,18). The molecule has 1 aromatic heterocycles. The summed E-state index contributed by atoms with van der Waals surface area (Å²) in [6.07, 6.45) is 3.60. The number of aromatic nitrogens is 1. The van der Waals surface area contributed by atoms with Crippen molar-refractivity contribution >= 4 is 17.7 Å². The molecule has 0 atom stereocenters. The average molecular weight is 293 g/mol. The summed E-state index contributed by atoms with van der Waals surface area (Å²) in [4.78, 5) is 8.23. The summed E-state index contributed by atoms with van der Waals surface area (Å²) in [5, 5.41) is 14.0. The molecule has 108 valence electrons. The third-order valence-electron chi connectivity index (χ3n) is 2.32. The molecule has 0 spiro atoms. The third-order valence-corrected chi connectivity index (χ3v) is 3.29. The van der Waals surface area contributed by atoms with Gasteiger partial charge in [0.1, 0.15) is 5.75 Å². The van der Waals surface area contributed by atoms with E-state index in [4.69, 9.17) is 10.00 Å². The summed E-state index contributed by atoms with van der Waals surface area (Å²) in [6.45, 7) is 3.32. The Morgan fingerprint density at radius 2 is 2.45 bits per heavy atom. The maximum absolute atomic E-state index is 8.49. The molecule has 0 bridgehead atoms. The summed E-state index contributed by atoms with van der Waals surface area (Å²) < 4.78 is 5.52. The van der Waals surface area contributed by atoms with Crippen LogP contribution in [-0.4, -0.2) is 36.9 Å². The molecule has 6 nitrogen and oxygen atoms in total. The zero-order chi connectivity index (χ0) is 14.6. The quantitative estimate of drug-likeness (QED) is 0.260. The molecule has 1 heterocycles. The Balaban J connectivity index is 2.29. The summed E-state index contributed by atoms with van der Waals surface area (Å²) >= 11 is 1.75. The van der Waals surface area contributed by atoms with Crippen LogP contribution in [0.3, 0.4) is 0 Å². The minimum atomic E-state index is 0.487. The van der Waals surface area contributed by atoms with E-state index in [0.717, 1.165) is 29.5 Å². The summed E-state index contributed by atoms with van der Waals surface area (Å²) in [5.74, 6) is 3.01. The topological polar surface area (TPSA) is 82.3 Å². The predicted octanol–water partition coefficient (Wildman–Crippen LogP) is 1.36. The van der Waals surface area contributed by atoms with Crippen LogP contribution >= 0.6 is 11.8 Å². The predicted molar refractivity (Wildman–Crippen MR) is 81.7 cm³/mol. The van der Waals surface area contributed by atoms with Gasteiger partial charge in [0.25, 0.3) is 0 Å². The molecule has 0 saturated carbocycles. The number of hydrogen-bond acceptors (Lipinski definition) is 5. The van der Waals surface area contributed by atoms with E-state index in [9.17, 15) is 0 Å². The Hall–Kier alpha value is -1.94. The summed E-state index contributed by atoms with van der Waals surface area (Å²) in [5.41, 5.74) is 0.957. The molecule has 0 saturated heterocycles. The molecule has 7 heteroatoms. The number of ether oxygens (including phenoxy) is 1. The Morgan fingerprint density at radius 1 is 1.60 bits per heavy atom. The van der Waals surface area contributed by atoms with Gasteiger partial charge in [0.15, 0.2) is 6.19 Å². The average Bonchev–Trinajstić information content (AvgIpc) is 2.47. The van der Waals surface area contributed by atoms with Crippen molar-refractivity contribution in [2.75, 3.05) is 26.0 Å². The number of aliphatic imine (C=N–C) groups is 1. The van der Waals surface area contributed by atoms with Gasteiger partial charge in [-0.05, 0) is 19.1 Å². The lowest BCUT2D eigenvalue weighted by Crippen LogP contribution is -2.35. The first-order chi connectivity index (χ1) is 9.81. The molecule has 2 N–H and O–H groups in total. The Labute approximate surface area is 123 Å². The smallest absolute Gasteiger partial charge is 0.204 e. The van der Waals surface area contributed by atoms with Crippen LogP contribution in [0.15, 0.2) is 23.3 Å². The Kier molecular flexibility index (Phi) is 7.99. The van der Waals surface area contributed by atoms with E-state index in [0.29, 0.717) is 12.6 Å². The van der Waals surface area contributed by atoms with Gasteiger partial charge < -0.3 is 10.1 Å². The normalized spacial score (nSPS) is 10.8. The van der Waals surface area contributed by atoms with Crippen LogP contribution in [0.25, 0.3) is 0 Å². The van der Waals surface area contributed by atoms with Gasteiger partial charge in [-0.2, -0.15) is 17.0 Å². The fourth-order valence-electron chi connectivity index (χ4n) is 1.46. The largest absolute Gasteiger partial charge is 0.492 e. The summed E-state index contributed by atoms with van der Waals surface area (Å²) in [6, 6.07) is 3.81. The van der Waals surface area contributed by atoms with Crippen molar-refractivity contribution in [2.45, 2.75) is 12.7 Å². The first-order valence-corrected chi connectivity index (χ1v) is 7.47. The van der Waals surface area contributed by atoms with E-state index in [-0.39, 0.29) is 0 Å². The Morgan fingerprint density at radius 3 is 3.15 bits per heavy atom. The Bertz CT molecular complexity index is 472. The van der Waals surface area contributed by atoms with Crippen molar-refractivity contribution in [3.05, 3.63) is 24.0 Å². The minimum Gasteiger partial charge on any atom is -0.492 e. The molecule has 20 heavy (non-hydrogen) atoms. The lowest BCUT2D eigenvalue weighted by molar-refractivity contribution is 0.336. The SMILES string of the molecule is CCOc1cccnc1CSCCNC(=NC)NC#N. The van der Waals surface area contributed by atoms with Crippen LogP contribution < -0.4 is 15.4 Å². The molecule has 0 radical (unpaired) electrons. The number of nitriles is 1. The van der Waals surface area contributed by atoms with Crippen LogP contribution in [0.4, 0.5) is 0 Å². The van der Waals surface area contributed by atoms with Gasteiger partial charge in [-0.25, -0.2) is 0 Å². The van der Waals surface area contributed by atoms with Crippen LogP contribution in [0.1, 0.15) is 12.6 Å². The highest BCUT2D eigenvalue weighted by Gasteiger charge is 2.04. The van der Waals surface area contributed by atoms with Crippen LogP contribution in [0.2, 0.25) is 0 Å². The molecule has 0 aliphatic heterocycles. The molecule has 0 fully saturated rings. The van der Waals surface area contributed by atoms with Gasteiger partial charge in [-0.1, -0.05) is 0 Å². The van der Waals surface area contributed by atoms with E-state index in [1.165, 1.54) is 0 Å². The number of nitrogens with one attached hydrogen (secondary N) is 2. The number of hydrogen-bond donors (Lipinski definition) is 2. The second-order valence-corrected chi connectivity index (χ2v) is 4.77. The zero-order valence-corrected chi connectivity index (χ0v) is 12.5. The van der Waals surface area contributed by atoms with Crippen molar-refractivity contribution in [3.63, 3.8) is 0 Å². The molecule has 0 aromatic carbocycles. The number of nitrogens with zero attached hydrogens (tertiary/aromatic N) is 3. The first kappa shape index (κ1) is 16.1. The van der Waals surface area contributed by atoms with E-state index in [1.54, 1.807) is 25.0 Å². The third kappa shape index (κ3) is 5.80. The monoisotopic (exact) mass is 293 g/mol. The van der Waals surface area contributed by atoms with E-state index >= 15 is 0 Å². The fraction of sp³-hybridized carbons (Fsp3) is 0.462. The maximum Gasteiger partial charge on any atom is 0.204 e. The van der Waals surface area contributed by atoms with E-state index in [2.05, 4.69) is 20.6 Å². The minimum absolute atomic E-state index is 0.487. The van der Waals surface area contributed by atoms with Crippen molar-refractivity contribution in [1.82, 2.24) is 15.6 Å². The second-order valence-electron chi connectivity index (χ2n) is 3.67. The zero-order valence-electron chi connectivity index (χ0n) is 11.7. The van der Waals surface area contributed by atoms with Crippen molar-refractivity contribution in [3.8, 4) is 11.9 Å².